The summed E-state index contributed by atoms with van der Waals surface area (Å²) in [6.07, 6.45) is 1.48. The average molecular weight is 521 g/mol. The highest BCUT2D eigenvalue weighted by Gasteiger charge is 2.21. The second kappa shape index (κ2) is 12.6. The SMILES string of the molecule is CCNC(=NCCN1CCOCC1)NCCC(=O)N1CCc2sccc2C1.I. The third-order valence-electron chi connectivity index (χ3n) is 4.93. The van der Waals surface area contributed by atoms with Gasteiger partial charge in [0.15, 0.2) is 5.96 Å². The van der Waals surface area contributed by atoms with E-state index in [2.05, 4.69) is 38.9 Å². The molecular formula is C19H32IN5O2S. The normalized spacial score (nSPS) is 17.6. The maximum Gasteiger partial charge on any atom is 0.224 e. The number of amides is 1. The number of aliphatic imine (C=N–C) groups is 1. The highest BCUT2D eigenvalue weighted by Crippen LogP contribution is 2.24. The van der Waals surface area contributed by atoms with Crippen molar-refractivity contribution in [1.29, 1.82) is 0 Å². The van der Waals surface area contributed by atoms with E-state index in [0.29, 0.717) is 13.0 Å². The number of guanidine groups is 1. The number of carbonyl (C=O) groups excluding carboxylic acids is 1. The van der Waals surface area contributed by atoms with Crippen LogP contribution in [0.25, 0.3) is 0 Å². The molecule has 1 fully saturated rings. The molecular weight excluding hydrogens is 489 g/mol. The maximum atomic E-state index is 12.5. The summed E-state index contributed by atoms with van der Waals surface area (Å²) in [5.74, 6) is 1.00. The monoisotopic (exact) mass is 521 g/mol. The highest BCUT2D eigenvalue weighted by molar-refractivity contribution is 14.0. The number of ether oxygens (including phenoxy) is 1. The van der Waals surface area contributed by atoms with Crippen molar-refractivity contribution >= 4 is 47.2 Å². The molecule has 1 saturated heterocycles. The molecule has 7 nitrogen and oxygen atoms in total. The third kappa shape index (κ3) is 7.16. The van der Waals surface area contributed by atoms with Crippen LogP contribution >= 0.6 is 35.3 Å². The zero-order chi connectivity index (χ0) is 18.9. The number of nitrogens with one attached hydrogen (secondary N) is 2. The lowest BCUT2D eigenvalue weighted by molar-refractivity contribution is -0.131. The van der Waals surface area contributed by atoms with Crippen LogP contribution in [-0.2, 0) is 22.5 Å². The van der Waals surface area contributed by atoms with Gasteiger partial charge in [0, 0.05) is 57.1 Å². The predicted octanol–water partition coefficient (Wildman–Crippen LogP) is 1.53. The highest BCUT2D eigenvalue weighted by atomic mass is 127. The van der Waals surface area contributed by atoms with Gasteiger partial charge in [0.25, 0.3) is 0 Å². The van der Waals surface area contributed by atoms with Gasteiger partial charge in [-0.25, -0.2) is 0 Å². The Kier molecular flexibility index (Phi) is 10.5. The van der Waals surface area contributed by atoms with E-state index in [1.54, 1.807) is 11.3 Å². The summed E-state index contributed by atoms with van der Waals surface area (Å²) in [7, 11) is 0. The number of hydrogen-bond acceptors (Lipinski definition) is 5. The van der Waals surface area contributed by atoms with Gasteiger partial charge in [-0.1, -0.05) is 0 Å². The summed E-state index contributed by atoms with van der Waals surface area (Å²) in [5, 5.41) is 8.67. The molecule has 1 aromatic heterocycles. The van der Waals surface area contributed by atoms with Crippen LogP contribution in [0.4, 0.5) is 0 Å². The van der Waals surface area contributed by atoms with Crippen molar-refractivity contribution in [2.45, 2.75) is 26.3 Å². The van der Waals surface area contributed by atoms with Crippen LogP contribution in [0.2, 0.25) is 0 Å². The summed E-state index contributed by atoms with van der Waals surface area (Å²) in [6.45, 7) is 10.3. The molecule has 2 aliphatic rings. The molecule has 0 spiro atoms. The number of carbonyl (C=O) groups is 1. The first-order valence-electron chi connectivity index (χ1n) is 9.91. The Morgan fingerprint density at radius 3 is 2.89 bits per heavy atom. The standard InChI is InChI=1S/C19H31N5O2S.HI/c1-2-20-19(22-7-9-23-10-12-26-13-11-23)21-6-3-18(25)24-8-4-17-16(15-24)5-14-27-17;/h5,14H,2-4,6-13,15H2,1H3,(H2,20,21,22);1H. The number of thiophene rings is 1. The fourth-order valence-electron chi connectivity index (χ4n) is 3.38. The molecule has 1 amide bonds. The Balaban J connectivity index is 0.00000280. The van der Waals surface area contributed by atoms with Gasteiger partial charge in [0.2, 0.25) is 5.91 Å². The molecule has 0 atom stereocenters. The molecule has 3 heterocycles. The van der Waals surface area contributed by atoms with Gasteiger partial charge in [-0.05, 0) is 30.4 Å². The molecule has 0 unspecified atom stereocenters. The van der Waals surface area contributed by atoms with Gasteiger partial charge >= 0.3 is 0 Å². The van der Waals surface area contributed by atoms with Crippen molar-refractivity contribution in [1.82, 2.24) is 20.4 Å². The Labute approximate surface area is 188 Å². The Morgan fingerprint density at radius 2 is 2.11 bits per heavy atom. The summed E-state index contributed by atoms with van der Waals surface area (Å²) in [4.78, 5) is 22.9. The molecule has 28 heavy (non-hydrogen) atoms. The van der Waals surface area contributed by atoms with Gasteiger partial charge in [-0.2, -0.15) is 0 Å². The lowest BCUT2D eigenvalue weighted by Gasteiger charge is -2.27. The molecule has 2 N–H and O–H groups in total. The van der Waals surface area contributed by atoms with E-state index in [0.717, 1.165) is 71.4 Å². The zero-order valence-corrected chi connectivity index (χ0v) is 19.8. The van der Waals surface area contributed by atoms with Crippen LogP contribution in [0, 0.1) is 0 Å². The van der Waals surface area contributed by atoms with Crippen LogP contribution in [0.1, 0.15) is 23.8 Å². The first-order chi connectivity index (χ1) is 13.3. The Bertz CT molecular complexity index is 634. The molecule has 158 valence electrons. The fraction of sp³-hybridized carbons (Fsp3) is 0.684. The van der Waals surface area contributed by atoms with Gasteiger partial charge in [-0.15, -0.1) is 35.3 Å². The number of morpholine rings is 1. The predicted molar refractivity (Wildman–Crippen MR) is 125 cm³/mol. The number of rotatable bonds is 7. The molecule has 3 rings (SSSR count). The average Bonchev–Trinajstić information content (AvgIpc) is 3.16. The minimum atomic E-state index is 0. The van der Waals surface area contributed by atoms with Crippen molar-refractivity contribution in [2.75, 3.05) is 59.0 Å². The van der Waals surface area contributed by atoms with E-state index < -0.39 is 0 Å². The third-order valence-corrected chi connectivity index (χ3v) is 5.95. The maximum absolute atomic E-state index is 12.5. The molecule has 0 saturated carbocycles. The van der Waals surface area contributed by atoms with Gasteiger partial charge in [0.1, 0.15) is 0 Å². The minimum absolute atomic E-state index is 0. The molecule has 0 bridgehead atoms. The van der Waals surface area contributed by atoms with Crippen molar-refractivity contribution in [3.05, 3.63) is 21.9 Å². The van der Waals surface area contributed by atoms with Gasteiger partial charge in [-0.3, -0.25) is 14.7 Å². The molecule has 0 radical (unpaired) electrons. The van der Waals surface area contributed by atoms with Crippen LogP contribution in [-0.4, -0.2) is 80.7 Å². The van der Waals surface area contributed by atoms with Gasteiger partial charge in [0.05, 0.1) is 19.8 Å². The van der Waals surface area contributed by atoms with Crippen LogP contribution in [0.3, 0.4) is 0 Å². The van der Waals surface area contributed by atoms with Crippen LogP contribution < -0.4 is 10.6 Å². The lowest BCUT2D eigenvalue weighted by atomic mass is 10.1. The summed E-state index contributed by atoms with van der Waals surface area (Å²) < 4.78 is 5.37. The quantitative estimate of drug-likeness (QED) is 0.324. The zero-order valence-electron chi connectivity index (χ0n) is 16.6. The van der Waals surface area contributed by atoms with Crippen molar-refractivity contribution in [3.63, 3.8) is 0 Å². The molecule has 2 aliphatic heterocycles. The number of halogens is 1. The van der Waals surface area contributed by atoms with E-state index in [1.807, 2.05) is 4.90 Å². The van der Waals surface area contributed by atoms with Gasteiger partial charge < -0.3 is 20.3 Å². The topological polar surface area (TPSA) is 69.2 Å². The second-order valence-electron chi connectivity index (χ2n) is 6.83. The molecule has 0 aromatic carbocycles. The van der Waals surface area contributed by atoms with E-state index in [-0.39, 0.29) is 29.9 Å². The second-order valence-corrected chi connectivity index (χ2v) is 7.83. The summed E-state index contributed by atoms with van der Waals surface area (Å²) in [6, 6.07) is 2.14. The molecule has 1 aromatic rings. The summed E-state index contributed by atoms with van der Waals surface area (Å²) >= 11 is 1.80. The minimum Gasteiger partial charge on any atom is -0.379 e. The van der Waals surface area contributed by atoms with Crippen molar-refractivity contribution in [3.8, 4) is 0 Å². The van der Waals surface area contributed by atoms with Crippen molar-refractivity contribution < 1.29 is 9.53 Å². The van der Waals surface area contributed by atoms with Crippen LogP contribution in [0.5, 0.6) is 0 Å². The Morgan fingerprint density at radius 1 is 1.29 bits per heavy atom. The van der Waals surface area contributed by atoms with E-state index >= 15 is 0 Å². The van der Waals surface area contributed by atoms with E-state index in [9.17, 15) is 4.79 Å². The first kappa shape index (κ1) is 23.4. The number of hydrogen-bond donors (Lipinski definition) is 2. The molecule has 0 aliphatic carbocycles. The van der Waals surface area contributed by atoms with Crippen molar-refractivity contribution in [2.24, 2.45) is 4.99 Å². The Hall–Kier alpha value is -0.910. The number of nitrogens with zero attached hydrogens (tertiary/aromatic N) is 3. The van der Waals surface area contributed by atoms with E-state index in [4.69, 9.17) is 4.74 Å². The number of fused-ring (bicyclic) bond motifs is 1. The van der Waals surface area contributed by atoms with E-state index in [1.165, 1.54) is 10.4 Å². The lowest BCUT2D eigenvalue weighted by Crippen LogP contribution is -2.42. The fourth-order valence-corrected chi connectivity index (χ4v) is 4.27. The summed E-state index contributed by atoms with van der Waals surface area (Å²) in [5.41, 5.74) is 1.31. The first-order valence-corrected chi connectivity index (χ1v) is 10.8. The molecule has 9 heteroatoms. The van der Waals surface area contributed by atoms with Crippen LogP contribution in [0.15, 0.2) is 16.4 Å². The smallest absolute Gasteiger partial charge is 0.224 e. The largest absolute Gasteiger partial charge is 0.379 e.